The fourth-order valence-corrected chi connectivity index (χ4v) is 3.18. The van der Waals surface area contributed by atoms with Gasteiger partial charge in [0.25, 0.3) is 0 Å². The molecule has 0 amide bonds. The van der Waals surface area contributed by atoms with Gasteiger partial charge in [0.15, 0.2) is 5.78 Å². The van der Waals surface area contributed by atoms with Crippen molar-refractivity contribution in [2.24, 2.45) is 0 Å². The van der Waals surface area contributed by atoms with Crippen molar-refractivity contribution in [2.75, 3.05) is 13.2 Å². The Morgan fingerprint density at radius 3 is 2.52 bits per heavy atom. The van der Waals surface area contributed by atoms with Gasteiger partial charge in [-0.15, -0.1) is 0 Å². The van der Waals surface area contributed by atoms with Crippen molar-refractivity contribution in [1.29, 1.82) is 0 Å². The van der Waals surface area contributed by atoms with Gasteiger partial charge in [-0.3, -0.25) is 9.69 Å². The Bertz CT molecular complexity index is 903. The summed E-state index contributed by atoms with van der Waals surface area (Å²) in [4.78, 5) is 13.9. The number of benzene rings is 2. The van der Waals surface area contributed by atoms with Gasteiger partial charge in [0.2, 0.25) is 0 Å². The third kappa shape index (κ3) is 6.31. The molecule has 1 aromatic heterocycles. The van der Waals surface area contributed by atoms with E-state index in [1.54, 1.807) is 24.5 Å². The van der Waals surface area contributed by atoms with Gasteiger partial charge in [-0.1, -0.05) is 42.0 Å². The zero-order chi connectivity index (χ0) is 20.6. The van der Waals surface area contributed by atoms with Crippen LogP contribution < -0.4 is 4.74 Å². The van der Waals surface area contributed by atoms with Crippen LogP contribution in [0, 0.1) is 6.92 Å². The number of hydrogen-bond acceptors (Lipinski definition) is 5. The summed E-state index contributed by atoms with van der Waals surface area (Å²) >= 11 is 0. The second kappa shape index (κ2) is 10.0. The van der Waals surface area contributed by atoms with Crippen molar-refractivity contribution in [1.82, 2.24) is 4.90 Å². The molecule has 5 heteroatoms. The molecule has 0 aliphatic heterocycles. The summed E-state index contributed by atoms with van der Waals surface area (Å²) in [5, 5.41) is 10.6. The second-order valence-corrected chi connectivity index (χ2v) is 7.25. The van der Waals surface area contributed by atoms with Crippen molar-refractivity contribution < 1.29 is 19.1 Å². The van der Waals surface area contributed by atoms with Crippen LogP contribution in [-0.2, 0) is 13.1 Å². The smallest absolute Gasteiger partial charge is 0.163 e. The Labute approximate surface area is 171 Å². The van der Waals surface area contributed by atoms with Crippen LogP contribution >= 0.6 is 0 Å². The van der Waals surface area contributed by atoms with Crippen molar-refractivity contribution in [3.8, 4) is 5.75 Å². The van der Waals surface area contributed by atoms with Gasteiger partial charge in [-0.25, -0.2) is 0 Å². The zero-order valence-corrected chi connectivity index (χ0v) is 16.9. The first-order chi connectivity index (χ1) is 14.0. The summed E-state index contributed by atoms with van der Waals surface area (Å²) in [7, 11) is 0. The van der Waals surface area contributed by atoms with Gasteiger partial charge >= 0.3 is 0 Å². The van der Waals surface area contributed by atoms with Gasteiger partial charge in [0, 0.05) is 13.1 Å². The largest absolute Gasteiger partial charge is 0.490 e. The van der Waals surface area contributed by atoms with Crippen molar-refractivity contribution >= 4 is 5.78 Å². The van der Waals surface area contributed by atoms with Gasteiger partial charge in [-0.05, 0) is 43.7 Å². The molecule has 0 bridgehead atoms. The highest BCUT2D eigenvalue weighted by Gasteiger charge is 2.16. The Morgan fingerprint density at radius 2 is 1.83 bits per heavy atom. The lowest BCUT2D eigenvalue weighted by Gasteiger charge is -2.24. The molecule has 2 aromatic carbocycles. The molecule has 0 saturated carbocycles. The van der Waals surface area contributed by atoms with Crippen LogP contribution in [0.25, 0.3) is 0 Å². The van der Waals surface area contributed by atoms with Crippen LogP contribution in [0.15, 0.2) is 71.3 Å². The summed E-state index contributed by atoms with van der Waals surface area (Å²) in [5.74, 6) is 1.27. The maximum atomic E-state index is 11.7. The Balaban J connectivity index is 1.63. The van der Waals surface area contributed by atoms with E-state index in [1.165, 1.54) is 12.5 Å². The minimum atomic E-state index is -0.713. The molecule has 1 unspecified atom stereocenters. The molecule has 0 spiro atoms. The number of carbonyl (C=O) groups excluding carboxylic acids is 1. The first-order valence-electron chi connectivity index (χ1n) is 9.72. The normalized spacial score (nSPS) is 12.1. The van der Waals surface area contributed by atoms with Gasteiger partial charge in [0.1, 0.15) is 24.2 Å². The van der Waals surface area contributed by atoms with E-state index in [9.17, 15) is 9.90 Å². The Kier molecular flexibility index (Phi) is 7.22. The predicted molar refractivity (Wildman–Crippen MR) is 112 cm³/mol. The predicted octanol–water partition coefficient (Wildman–Crippen LogP) is 4.23. The maximum absolute atomic E-state index is 11.7. The lowest BCUT2D eigenvalue weighted by molar-refractivity contribution is 0.0599. The quantitative estimate of drug-likeness (QED) is 0.522. The first-order valence-corrected chi connectivity index (χ1v) is 9.72. The number of para-hydroxylation sites is 1. The number of ketones is 1. The van der Waals surface area contributed by atoms with Gasteiger partial charge < -0.3 is 14.3 Å². The number of nitrogens with zero attached hydrogens (tertiary/aromatic N) is 1. The van der Waals surface area contributed by atoms with Gasteiger partial charge in [0.05, 0.1) is 18.4 Å². The van der Waals surface area contributed by atoms with E-state index in [-0.39, 0.29) is 12.4 Å². The Hall–Kier alpha value is -2.89. The maximum Gasteiger partial charge on any atom is 0.163 e. The molecule has 1 atom stereocenters. The molecule has 0 aliphatic rings. The SMILES string of the molecule is CC(=O)c1ccccc1OCC(O)CN(Cc1ccc(C)cc1)Cc1ccco1. The molecule has 0 saturated heterocycles. The molecule has 152 valence electrons. The highest BCUT2D eigenvalue weighted by atomic mass is 16.5. The topological polar surface area (TPSA) is 62.9 Å². The lowest BCUT2D eigenvalue weighted by atomic mass is 10.1. The number of Topliss-reactive ketones (excluding diaryl/α,β-unsaturated/α-hetero) is 1. The van der Waals surface area contributed by atoms with Crippen LogP contribution in [0.5, 0.6) is 5.75 Å². The molecule has 0 radical (unpaired) electrons. The molecule has 0 fully saturated rings. The Morgan fingerprint density at radius 1 is 1.07 bits per heavy atom. The fourth-order valence-electron chi connectivity index (χ4n) is 3.18. The molecule has 1 heterocycles. The van der Waals surface area contributed by atoms with E-state index < -0.39 is 6.10 Å². The highest BCUT2D eigenvalue weighted by Crippen LogP contribution is 2.19. The average molecular weight is 393 g/mol. The molecule has 29 heavy (non-hydrogen) atoms. The number of hydrogen-bond donors (Lipinski definition) is 1. The number of aliphatic hydroxyl groups excluding tert-OH is 1. The van der Waals surface area contributed by atoms with Crippen LogP contribution in [0.4, 0.5) is 0 Å². The third-order valence-corrected chi connectivity index (χ3v) is 4.65. The van der Waals surface area contributed by atoms with Crippen molar-refractivity contribution in [3.63, 3.8) is 0 Å². The number of aliphatic hydroxyl groups is 1. The number of carbonyl (C=O) groups is 1. The van der Waals surface area contributed by atoms with E-state index in [4.69, 9.17) is 9.15 Å². The molecule has 3 rings (SSSR count). The first kappa shape index (κ1) is 20.8. The van der Waals surface area contributed by atoms with Crippen LogP contribution in [0.2, 0.25) is 0 Å². The van der Waals surface area contributed by atoms with Crippen LogP contribution in [-0.4, -0.2) is 35.0 Å². The standard InChI is InChI=1S/C24H27NO4/c1-18-9-11-20(12-10-18)14-25(16-22-6-5-13-28-22)15-21(27)17-29-24-8-4-3-7-23(24)19(2)26/h3-13,21,27H,14-17H2,1-2H3. The minimum absolute atomic E-state index is 0.0612. The van der Waals surface area contributed by atoms with E-state index in [0.717, 1.165) is 11.3 Å². The van der Waals surface area contributed by atoms with E-state index in [2.05, 4.69) is 36.1 Å². The summed E-state index contributed by atoms with van der Waals surface area (Å²) in [6.45, 7) is 5.35. The third-order valence-electron chi connectivity index (χ3n) is 4.65. The van der Waals surface area contributed by atoms with Gasteiger partial charge in [-0.2, -0.15) is 0 Å². The van der Waals surface area contributed by atoms with E-state index in [0.29, 0.717) is 30.9 Å². The average Bonchev–Trinajstić information content (AvgIpc) is 3.21. The number of furan rings is 1. The lowest BCUT2D eigenvalue weighted by Crippen LogP contribution is -2.35. The molecular weight excluding hydrogens is 366 g/mol. The molecule has 5 nitrogen and oxygen atoms in total. The molecule has 3 aromatic rings. The molecule has 1 N–H and O–H groups in total. The zero-order valence-electron chi connectivity index (χ0n) is 16.9. The number of rotatable bonds is 10. The van der Waals surface area contributed by atoms with E-state index >= 15 is 0 Å². The highest BCUT2D eigenvalue weighted by molar-refractivity contribution is 5.96. The fraction of sp³-hybridized carbons (Fsp3) is 0.292. The van der Waals surface area contributed by atoms with Crippen LogP contribution in [0.1, 0.15) is 34.2 Å². The summed E-state index contributed by atoms with van der Waals surface area (Å²) in [6.07, 6.45) is 0.938. The summed E-state index contributed by atoms with van der Waals surface area (Å²) in [5.41, 5.74) is 2.90. The monoisotopic (exact) mass is 393 g/mol. The summed E-state index contributed by atoms with van der Waals surface area (Å²) < 4.78 is 11.2. The molecule has 0 aliphatic carbocycles. The van der Waals surface area contributed by atoms with Crippen molar-refractivity contribution in [3.05, 3.63) is 89.4 Å². The second-order valence-electron chi connectivity index (χ2n) is 7.25. The van der Waals surface area contributed by atoms with Crippen LogP contribution in [0.3, 0.4) is 0 Å². The minimum Gasteiger partial charge on any atom is -0.490 e. The molecular formula is C24H27NO4. The van der Waals surface area contributed by atoms with Crippen molar-refractivity contribution in [2.45, 2.75) is 33.0 Å². The number of aryl methyl sites for hydroxylation is 1. The van der Waals surface area contributed by atoms with E-state index in [1.807, 2.05) is 18.2 Å². The number of ether oxygens (including phenoxy) is 1. The summed E-state index contributed by atoms with van der Waals surface area (Å²) in [6, 6.07) is 19.2.